The molecule has 0 aromatic heterocycles. The van der Waals surface area contributed by atoms with E-state index in [4.69, 9.17) is 4.74 Å². The number of anilines is 1. The number of nitro groups is 1. The molecule has 7 heteroatoms. The molecular formula is C20H20N2O5. The molecule has 1 unspecified atom stereocenters. The van der Waals surface area contributed by atoms with Gasteiger partial charge >= 0.3 is 5.69 Å². The van der Waals surface area contributed by atoms with Gasteiger partial charge in [0.05, 0.1) is 4.92 Å². The molecule has 1 atom stereocenters. The Labute approximate surface area is 156 Å². The van der Waals surface area contributed by atoms with Crippen molar-refractivity contribution in [1.29, 1.82) is 0 Å². The molecule has 0 saturated heterocycles. The smallest absolute Gasteiger partial charge is 0.311 e. The number of ketones is 1. The van der Waals surface area contributed by atoms with Crippen molar-refractivity contribution in [3.8, 4) is 5.75 Å². The number of benzene rings is 2. The van der Waals surface area contributed by atoms with E-state index < -0.39 is 11.0 Å². The quantitative estimate of drug-likeness (QED) is 0.458. The third-order valence-corrected chi connectivity index (χ3v) is 4.62. The highest BCUT2D eigenvalue weighted by Crippen LogP contribution is 2.31. The minimum absolute atomic E-state index is 0.0313. The molecule has 0 saturated carbocycles. The highest BCUT2D eigenvalue weighted by molar-refractivity contribution is 6.01. The van der Waals surface area contributed by atoms with E-state index in [0.717, 1.165) is 16.8 Å². The van der Waals surface area contributed by atoms with Crippen LogP contribution in [0.3, 0.4) is 0 Å². The summed E-state index contributed by atoms with van der Waals surface area (Å²) in [5.41, 5.74) is 2.79. The number of carbonyl (C=O) groups is 2. The summed E-state index contributed by atoms with van der Waals surface area (Å²) in [4.78, 5) is 36.7. The summed E-state index contributed by atoms with van der Waals surface area (Å²) in [7, 11) is 0. The lowest BCUT2D eigenvalue weighted by atomic mass is 10.0. The van der Waals surface area contributed by atoms with Gasteiger partial charge < -0.3 is 9.64 Å². The van der Waals surface area contributed by atoms with Crippen molar-refractivity contribution in [3.05, 3.63) is 63.2 Å². The number of nitro benzene ring substituents is 1. The topological polar surface area (TPSA) is 89.8 Å². The van der Waals surface area contributed by atoms with Gasteiger partial charge in [-0.25, -0.2) is 0 Å². The number of rotatable bonds is 5. The van der Waals surface area contributed by atoms with Crippen LogP contribution in [0.15, 0.2) is 36.4 Å². The molecule has 0 fully saturated rings. The minimum atomic E-state index is -0.880. The van der Waals surface area contributed by atoms with E-state index in [2.05, 4.69) is 0 Å². The first-order chi connectivity index (χ1) is 12.8. The van der Waals surface area contributed by atoms with Crippen molar-refractivity contribution in [1.82, 2.24) is 0 Å². The predicted octanol–water partition coefficient (Wildman–Crippen LogP) is 3.46. The van der Waals surface area contributed by atoms with Crippen molar-refractivity contribution in [3.63, 3.8) is 0 Å². The average molecular weight is 368 g/mol. The zero-order valence-electron chi connectivity index (χ0n) is 15.4. The van der Waals surface area contributed by atoms with Gasteiger partial charge in [0.15, 0.2) is 11.9 Å². The first kappa shape index (κ1) is 18.6. The summed E-state index contributed by atoms with van der Waals surface area (Å²) in [6.07, 6.45) is -0.191. The summed E-state index contributed by atoms with van der Waals surface area (Å²) in [5, 5.41) is 11.2. The molecule has 140 valence electrons. The maximum Gasteiger partial charge on any atom is 0.311 e. The van der Waals surface area contributed by atoms with Crippen LogP contribution >= 0.6 is 0 Å². The fourth-order valence-electron chi connectivity index (χ4n) is 3.23. The molecule has 1 aliphatic rings. The molecule has 1 amide bonds. The number of aryl methyl sites for hydroxylation is 1. The standard InChI is InChI=1S/C20H20N2O5/c1-12-4-7-19(18(10-12)22(25)26)27-13(2)20(24)16-5-6-17-15(11-16)8-9-21(17)14(3)23/h4-7,10-11,13H,8-9H2,1-3H3. The molecule has 7 nitrogen and oxygen atoms in total. The van der Waals surface area contributed by atoms with Crippen LogP contribution in [0, 0.1) is 17.0 Å². The third-order valence-electron chi connectivity index (χ3n) is 4.62. The lowest BCUT2D eigenvalue weighted by molar-refractivity contribution is -0.386. The third kappa shape index (κ3) is 3.67. The van der Waals surface area contributed by atoms with E-state index in [9.17, 15) is 19.7 Å². The Morgan fingerprint density at radius 1 is 1.22 bits per heavy atom. The zero-order valence-corrected chi connectivity index (χ0v) is 15.4. The summed E-state index contributed by atoms with van der Waals surface area (Å²) >= 11 is 0. The van der Waals surface area contributed by atoms with Gasteiger partial charge in [-0.05, 0) is 55.7 Å². The van der Waals surface area contributed by atoms with Gasteiger partial charge in [0.25, 0.3) is 0 Å². The van der Waals surface area contributed by atoms with Gasteiger partial charge in [0, 0.05) is 30.8 Å². The van der Waals surface area contributed by atoms with Gasteiger partial charge in [0.2, 0.25) is 11.7 Å². The molecule has 0 radical (unpaired) electrons. The molecule has 0 N–H and O–H groups in total. The average Bonchev–Trinajstić information content (AvgIpc) is 3.05. The van der Waals surface area contributed by atoms with Gasteiger partial charge in [-0.1, -0.05) is 6.07 Å². The van der Waals surface area contributed by atoms with E-state index in [1.165, 1.54) is 19.1 Å². The number of carbonyl (C=O) groups excluding carboxylic acids is 2. The molecule has 0 spiro atoms. The Kier molecular flexibility index (Phi) is 4.94. The lowest BCUT2D eigenvalue weighted by Gasteiger charge is -2.16. The highest BCUT2D eigenvalue weighted by atomic mass is 16.6. The molecule has 2 aromatic carbocycles. The Bertz CT molecular complexity index is 938. The Hall–Kier alpha value is -3.22. The van der Waals surface area contributed by atoms with Crippen LogP contribution in [-0.4, -0.2) is 29.3 Å². The first-order valence-corrected chi connectivity index (χ1v) is 8.65. The molecule has 27 heavy (non-hydrogen) atoms. The Balaban J connectivity index is 1.81. The van der Waals surface area contributed by atoms with Crippen LogP contribution in [0.1, 0.15) is 35.3 Å². The summed E-state index contributed by atoms with van der Waals surface area (Å²) in [6.45, 7) is 5.43. The number of nitrogens with zero attached hydrogens (tertiary/aromatic N) is 2. The zero-order chi connectivity index (χ0) is 19.7. The Morgan fingerprint density at radius 3 is 2.63 bits per heavy atom. The molecule has 1 heterocycles. The summed E-state index contributed by atoms with van der Waals surface area (Å²) < 4.78 is 5.60. The van der Waals surface area contributed by atoms with E-state index in [0.29, 0.717) is 18.5 Å². The number of Topliss-reactive ketones (excluding diaryl/α,β-unsaturated/α-hetero) is 1. The summed E-state index contributed by atoms with van der Waals surface area (Å²) in [6, 6.07) is 9.81. The number of amides is 1. The molecule has 2 aromatic rings. The fraction of sp³-hybridized carbons (Fsp3) is 0.300. The molecule has 0 aliphatic carbocycles. The molecular weight excluding hydrogens is 348 g/mol. The van der Waals surface area contributed by atoms with Crippen LogP contribution in [0.25, 0.3) is 0 Å². The van der Waals surface area contributed by atoms with Crippen LogP contribution in [0.5, 0.6) is 5.75 Å². The number of hydrogen-bond acceptors (Lipinski definition) is 5. The second-order valence-electron chi connectivity index (χ2n) is 6.62. The monoisotopic (exact) mass is 368 g/mol. The number of ether oxygens (including phenoxy) is 1. The highest BCUT2D eigenvalue weighted by Gasteiger charge is 2.26. The largest absolute Gasteiger partial charge is 0.475 e. The molecule has 3 rings (SSSR count). The van der Waals surface area contributed by atoms with E-state index in [-0.39, 0.29) is 23.1 Å². The maximum absolute atomic E-state index is 12.7. The summed E-state index contributed by atoms with van der Waals surface area (Å²) in [5.74, 6) is -0.236. The lowest BCUT2D eigenvalue weighted by Crippen LogP contribution is -2.26. The fourth-order valence-corrected chi connectivity index (χ4v) is 3.23. The van der Waals surface area contributed by atoms with Crippen molar-refractivity contribution >= 4 is 23.1 Å². The molecule has 0 bridgehead atoms. The first-order valence-electron chi connectivity index (χ1n) is 8.65. The van der Waals surface area contributed by atoms with Gasteiger partial charge in [-0.3, -0.25) is 19.7 Å². The van der Waals surface area contributed by atoms with Crippen LogP contribution in [0.2, 0.25) is 0 Å². The van der Waals surface area contributed by atoms with Crippen molar-refractivity contribution < 1.29 is 19.2 Å². The van der Waals surface area contributed by atoms with E-state index in [1.54, 1.807) is 43.0 Å². The van der Waals surface area contributed by atoms with Crippen LogP contribution in [-0.2, 0) is 11.2 Å². The minimum Gasteiger partial charge on any atom is -0.475 e. The van der Waals surface area contributed by atoms with Gasteiger partial charge in [-0.2, -0.15) is 0 Å². The van der Waals surface area contributed by atoms with Crippen molar-refractivity contribution in [2.24, 2.45) is 0 Å². The van der Waals surface area contributed by atoms with Gasteiger partial charge in [-0.15, -0.1) is 0 Å². The number of hydrogen-bond donors (Lipinski definition) is 0. The maximum atomic E-state index is 12.7. The van der Waals surface area contributed by atoms with Crippen LogP contribution in [0.4, 0.5) is 11.4 Å². The van der Waals surface area contributed by atoms with Gasteiger partial charge in [0.1, 0.15) is 0 Å². The van der Waals surface area contributed by atoms with Crippen molar-refractivity contribution in [2.75, 3.05) is 11.4 Å². The van der Waals surface area contributed by atoms with Crippen molar-refractivity contribution in [2.45, 2.75) is 33.3 Å². The molecule has 1 aliphatic heterocycles. The normalized spacial score (nSPS) is 13.8. The van der Waals surface area contributed by atoms with E-state index >= 15 is 0 Å². The second-order valence-corrected chi connectivity index (χ2v) is 6.62. The second kappa shape index (κ2) is 7.19. The SMILES string of the molecule is CC(=O)N1CCc2cc(C(=O)C(C)Oc3ccc(C)cc3[N+](=O)[O-])ccc21. The van der Waals surface area contributed by atoms with E-state index in [1.807, 2.05) is 0 Å². The number of fused-ring (bicyclic) bond motifs is 1. The van der Waals surface area contributed by atoms with Crippen LogP contribution < -0.4 is 9.64 Å². The Morgan fingerprint density at radius 2 is 1.96 bits per heavy atom. The predicted molar refractivity (Wildman–Crippen MR) is 100 cm³/mol.